The van der Waals surface area contributed by atoms with Gasteiger partial charge in [0.2, 0.25) is 0 Å². The van der Waals surface area contributed by atoms with Crippen LogP contribution in [-0.4, -0.2) is 13.7 Å². The first-order chi connectivity index (χ1) is 42.1. The number of rotatable bonds is 9. The van der Waals surface area contributed by atoms with E-state index in [9.17, 15) is 0 Å². The average Bonchev–Trinajstić information content (AvgIpc) is 1.91. The highest BCUT2D eigenvalue weighted by molar-refractivity contribution is 8.59. The normalized spacial score (nSPS) is 11.5. The Morgan fingerprint density at radius 3 is 1.29 bits per heavy atom. The number of hydrogen-bond acceptors (Lipinski definition) is 3. The van der Waals surface area contributed by atoms with Crippen LogP contribution >= 0.6 is 23.3 Å². The van der Waals surface area contributed by atoms with Crippen molar-refractivity contribution in [3.63, 3.8) is 0 Å². The summed E-state index contributed by atoms with van der Waals surface area (Å²) in [5.74, 6) is 0. The van der Waals surface area contributed by atoms with E-state index in [1.54, 1.807) is 6.08 Å². The second-order valence-electron chi connectivity index (χ2n) is 21.2. The maximum atomic E-state index is 6.69. The van der Waals surface area contributed by atoms with Crippen molar-refractivity contribution in [2.45, 2.75) is 6.92 Å². The first-order valence-corrected chi connectivity index (χ1v) is 30.2. The maximum Gasteiger partial charge on any atom is 0.135 e. The first-order valence-electron chi connectivity index (χ1n) is 28.6. The zero-order valence-corrected chi connectivity index (χ0v) is 48.5. The monoisotopic (exact) mass is 1130 g/mol. The van der Waals surface area contributed by atoms with Crippen molar-refractivity contribution >= 4 is 99.9 Å². The summed E-state index contributed by atoms with van der Waals surface area (Å²) in [7, 11) is 0. The molecule has 0 spiro atoms. The molecule has 0 aliphatic rings. The number of para-hydroxylation sites is 3. The van der Waals surface area contributed by atoms with E-state index in [0.717, 1.165) is 66.8 Å². The lowest BCUT2D eigenvalue weighted by Crippen LogP contribution is -2.02. The minimum Gasteiger partial charge on any atom is -0.456 e. The fourth-order valence-corrected chi connectivity index (χ4v) is 12.5. The molecule has 4 heterocycles. The summed E-state index contributed by atoms with van der Waals surface area (Å²) in [5.41, 5.74) is 22.5. The minimum absolute atomic E-state index is 0.851. The average molecular weight is 1130 g/mol. The molecule has 0 saturated heterocycles. The van der Waals surface area contributed by atoms with Crippen molar-refractivity contribution in [2.75, 3.05) is 0 Å². The van der Waals surface area contributed by atoms with Crippen molar-refractivity contribution in [1.82, 2.24) is 13.7 Å². The zero-order chi connectivity index (χ0) is 57.4. The molecule has 0 radical (unpaired) electrons. The van der Waals surface area contributed by atoms with Gasteiger partial charge >= 0.3 is 0 Å². The molecule has 16 aromatic rings. The summed E-state index contributed by atoms with van der Waals surface area (Å²) in [5, 5.41) is 8.22. The van der Waals surface area contributed by atoms with Gasteiger partial charge in [0.15, 0.2) is 0 Å². The third-order valence-electron chi connectivity index (χ3n) is 16.3. The molecule has 0 N–H and O–H groups in total. The molecule has 0 unspecified atom stereocenters. The Kier molecular flexibility index (Phi) is 14.2. The number of aromatic nitrogens is 3. The molecule has 4 nitrogen and oxygen atoms in total. The van der Waals surface area contributed by atoms with E-state index < -0.39 is 0 Å². The van der Waals surface area contributed by atoms with E-state index in [-0.39, 0.29) is 0 Å². The van der Waals surface area contributed by atoms with Crippen LogP contribution in [0.1, 0.15) is 6.92 Å². The van der Waals surface area contributed by atoms with E-state index in [0.29, 0.717) is 0 Å². The van der Waals surface area contributed by atoms with Gasteiger partial charge < -0.3 is 8.98 Å². The SMILES string of the molecule is C=C/C=C\C.SS.c1ccc(-c2cccc(-c3cccc(-c4cccc(-c5ccc6oc7ccc(-n8c9cc(-n%10c%11ccccc%11c%11ccc(-c%12ccccc%12)cc%11%10)ccc9c9c%10ccccc%10n(-c%10ccccc%10)c98)cc7c6c5)c4)c3)c2)cc1. The van der Waals surface area contributed by atoms with Crippen LogP contribution in [0, 0.1) is 0 Å². The third-order valence-corrected chi connectivity index (χ3v) is 16.3. The number of nitrogens with zero attached hydrogens (tertiary/aromatic N) is 3. The van der Waals surface area contributed by atoms with Crippen LogP contribution in [0.2, 0.25) is 0 Å². The number of thiol groups is 2. The van der Waals surface area contributed by atoms with Gasteiger partial charge in [-0.15, -0.1) is 23.3 Å². The molecule has 406 valence electrons. The van der Waals surface area contributed by atoms with Crippen LogP contribution in [0.3, 0.4) is 0 Å². The van der Waals surface area contributed by atoms with Gasteiger partial charge in [0.05, 0.1) is 22.1 Å². The number of benzene rings is 12. The topological polar surface area (TPSA) is 27.9 Å². The van der Waals surface area contributed by atoms with Gasteiger partial charge in [-0.05, 0) is 154 Å². The number of allylic oxidation sites excluding steroid dienone is 3. The molecule has 85 heavy (non-hydrogen) atoms. The second kappa shape index (κ2) is 22.8. The summed E-state index contributed by atoms with van der Waals surface area (Å²) in [4.78, 5) is 0. The van der Waals surface area contributed by atoms with Crippen molar-refractivity contribution in [3.8, 4) is 72.7 Å². The molecule has 0 bridgehead atoms. The Labute approximate surface area is 504 Å². The van der Waals surface area contributed by atoms with Crippen LogP contribution in [0.5, 0.6) is 0 Å². The molecule has 6 heteroatoms. The minimum atomic E-state index is 0.851. The highest BCUT2D eigenvalue weighted by Crippen LogP contribution is 2.44. The molecule has 12 aromatic carbocycles. The third kappa shape index (κ3) is 9.52. The standard InChI is InChI=1S/C74H47N3O.C5H8.H2S2/c1-4-17-48(18-5-1)50-21-14-22-51(41-50)52-23-15-24-53(42-52)54-25-16-26-55(43-54)56-34-39-71-65(44-56)66-46-59(36-40-72(66)78-71)77-70-47-60(35-38-64(70)73-63-30-11-13-32-68(63)76(74(73)77)58-27-8-3-9-28-58)75-67-31-12-10-29-61(67)62-37-33-57(45-69(62)75)49-19-6-2-7-20-49;1-3-5-4-2;1-2/h1-47H;3-5H,1H2,2H3;1-2H/b;5-4-;. The molecule has 0 amide bonds. The van der Waals surface area contributed by atoms with Crippen molar-refractivity contribution in [3.05, 3.63) is 310 Å². The summed E-state index contributed by atoms with van der Waals surface area (Å²) in [6.07, 6.45) is 5.58. The Morgan fingerprint density at radius 1 is 0.306 bits per heavy atom. The predicted molar refractivity (Wildman–Crippen MR) is 369 cm³/mol. The molecule has 0 saturated carbocycles. The van der Waals surface area contributed by atoms with E-state index >= 15 is 0 Å². The largest absolute Gasteiger partial charge is 0.456 e. The lowest BCUT2D eigenvalue weighted by Gasteiger charge is -2.14. The van der Waals surface area contributed by atoms with Crippen LogP contribution < -0.4 is 0 Å². The predicted octanol–water partition coefficient (Wildman–Crippen LogP) is 22.6. The first kappa shape index (κ1) is 52.8. The van der Waals surface area contributed by atoms with Gasteiger partial charge in [0.1, 0.15) is 16.8 Å². The van der Waals surface area contributed by atoms with Gasteiger partial charge in [-0.3, -0.25) is 9.13 Å². The number of furan rings is 1. The fraction of sp³-hybridized carbons (Fsp3) is 0.0127. The molecule has 0 fully saturated rings. The van der Waals surface area contributed by atoms with Crippen molar-refractivity contribution in [2.24, 2.45) is 0 Å². The molecule has 0 aliphatic heterocycles. The lowest BCUT2D eigenvalue weighted by atomic mass is 9.94. The highest BCUT2D eigenvalue weighted by atomic mass is 33.1. The van der Waals surface area contributed by atoms with E-state index in [1.807, 2.05) is 19.1 Å². The Bertz CT molecular complexity index is 5180. The lowest BCUT2D eigenvalue weighted by molar-refractivity contribution is 0.669. The molecule has 0 atom stereocenters. The maximum absolute atomic E-state index is 6.69. The van der Waals surface area contributed by atoms with Gasteiger partial charge in [-0.1, -0.05) is 219 Å². The van der Waals surface area contributed by atoms with Gasteiger partial charge in [0, 0.05) is 54.8 Å². The highest BCUT2D eigenvalue weighted by Gasteiger charge is 2.24. The van der Waals surface area contributed by atoms with E-state index in [2.05, 4.69) is 329 Å². The van der Waals surface area contributed by atoms with Crippen molar-refractivity contribution < 1.29 is 4.42 Å². The Balaban J connectivity index is 0.000000872. The van der Waals surface area contributed by atoms with Crippen LogP contribution in [0.25, 0.3) is 149 Å². The van der Waals surface area contributed by atoms with E-state index in [4.69, 9.17) is 4.42 Å². The Hall–Kier alpha value is -10.2. The van der Waals surface area contributed by atoms with Gasteiger partial charge in [-0.25, -0.2) is 0 Å². The molecular weight excluding hydrogens is 1070 g/mol. The van der Waals surface area contributed by atoms with Crippen LogP contribution in [-0.2, 0) is 0 Å². The number of fused-ring (bicyclic) bond motifs is 11. The van der Waals surface area contributed by atoms with Gasteiger partial charge in [0.25, 0.3) is 0 Å². The summed E-state index contributed by atoms with van der Waals surface area (Å²) < 4.78 is 14.1. The molecule has 16 rings (SSSR count). The smallest absolute Gasteiger partial charge is 0.135 e. The zero-order valence-electron chi connectivity index (χ0n) is 46.7. The molecule has 4 aromatic heterocycles. The molecular formula is C79H57N3OS2. The summed E-state index contributed by atoms with van der Waals surface area (Å²) >= 11 is 6.44. The van der Waals surface area contributed by atoms with Crippen LogP contribution in [0.15, 0.2) is 314 Å². The van der Waals surface area contributed by atoms with E-state index in [1.165, 1.54) is 82.5 Å². The molecule has 0 aliphatic carbocycles. The van der Waals surface area contributed by atoms with Gasteiger partial charge in [-0.2, -0.15) is 0 Å². The summed E-state index contributed by atoms with van der Waals surface area (Å²) in [6, 6.07) is 104. The second-order valence-corrected chi connectivity index (χ2v) is 21.2. The summed E-state index contributed by atoms with van der Waals surface area (Å²) in [6.45, 7) is 5.42. The fourth-order valence-electron chi connectivity index (χ4n) is 12.5. The van der Waals surface area contributed by atoms with Crippen molar-refractivity contribution in [1.29, 1.82) is 0 Å². The van der Waals surface area contributed by atoms with Crippen LogP contribution in [0.4, 0.5) is 0 Å². The number of hydrogen-bond donors (Lipinski definition) is 2. The quantitative estimate of drug-likeness (QED) is 0.0841. The Morgan fingerprint density at radius 2 is 0.706 bits per heavy atom.